The van der Waals surface area contributed by atoms with E-state index in [4.69, 9.17) is 5.11 Å². The van der Waals surface area contributed by atoms with E-state index >= 15 is 0 Å². The number of piperidine rings is 1. The third-order valence-electron chi connectivity index (χ3n) is 3.94. The van der Waals surface area contributed by atoms with E-state index in [0.29, 0.717) is 19.6 Å². The van der Waals surface area contributed by atoms with Gasteiger partial charge < -0.3 is 20.4 Å². The van der Waals surface area contributed by atoms with Gasteiger partial charge in [0.1, 0.15) is 0 Å². The molecule has 1 aliphatic rings. The zero-order valence-electron chi connectivity index (χ0n) is 12.4. The maximum absolute atomic E-state index is 11.9. The first kappa shape index (κ1) is 16.2. The Balaban J connectivity index is 2.21. The maximum atomic E-state index is 11.9. The van der Waals surface area contributed by atoms with Crippen molar-refractivity contribution in [2.75, 3.05) is 26.2 Å². The number of amides is 2. The van der Waals surface area contributed by atoms with Crippen LogP contribution in [0.5, 0.6) is 0 Å². The van der Waals surface area contributed by atoms with E-state index in [1.165, 1.54) is 0 Å². The van der Waals surface area contributed by atoms with E-state index in [2.05, 4.69) is 5.32 Å². The molecule has 0 aromatic carbocycles. The molecule has 3 N–H and O–H groups in total. The zero-order valence-corrected chi connectivity index (χ0v) is 12.4. The van der Waals surface area contributed by atoms with Crippen molar-refractivity contribution in [3.05, 3.63) is 0 Å². The van der Waals surface area contributed by atoms with Gasteiger partial charge >= 0.3 is 6.03 Å². The van der Waals surface area contributed by atoms with E-state index in [1.807, 2.05) is 20.8 Å². The summed E-state index contributed by atoms with van der Waals surface area (Å²) in [6.07, 6.45) is 2.18. The van der Waals surface area contributed by atoms with Gasteiger partial charge in [0.2, 0.25) is 0 Å². The van der Waals surface area contributed by atoms with Crippen molar-refractivity contribution in [2.24, 2.45) is 11.3 Å². The van der Waals surface area contributed by atoms with E-state index in [-0.39, 0.29) is 24.0 Å². The summed E-state index contributed by atoms with van der Waals surface area (Å²) in [6, 6.07) is -0.0900. The Morgan fingerprint density at radius 3 is 2.74 bits per heavy atom. The largest absolute Gasteiger partial charge is 0.396 e. The molecule has 1 rings (SSSR count). The molecule has 5 nitrogen and oxygen atoms in total. The topological polar surface area (TPSA) is 72.8 Å². The number of urea groups is 1. The Kier molecular flexibility index (Phi) is 6.07. The highest BCUT2D eigenvalue weighted by Gasteiger charge is 2.27. The summed E-state index contributed by atoms with van der Waals surface area (Å²) < 4.78 is 0. The first-order valence-corrected chi connectivity index (χ1v) is 7.17. The van der Waals surface area contributed by atoms with Crippen LogP contribution in [0.25, 0.3) is 0 Å². The lowest BCUT2D eigenvalue weighted by Crippen LogP contribution is -2.49. The monoisotopic (exact) mass is 272 g/mol. The second kappa shape index (κ2) is 7.10. The second-order valence-corrected chi connectivity index (χ2v) is 6.44. The number of hydrogen-bond donors (Lipinski definition) is 3. The molecule has 1 saturated heterocycles. The van der Waals surface area contributed by atoms with Gasteiger partial charge in [0.15, 0.2) is 0 Å². The Bertz CT molecular complexity index is 294. The predicted octanol–water partition coefficient (Wildman–Crippen LogP) is 1.20. The zero-order chi connectivity index (χ0) is 14.5. The quantitative estimate of drug-likeness (QED) is 0.658. The van der Waals surface area contributed by atoms with Crippen LogP contribution in [0.15, 0.2) is 0 Å². The Morgan fingerprint density at radius 2 is 2.16 bits per heavy atom. The van der Waals surface area contributed by atoms with E-state index in [1.54, 1.807) is 4.90 Å². The number of aliphatic hydroxyl groups excluding tert-OH is 2. The standard InChI is InChI=1S/C14H28N2O3/c1-11-5-8-16(9-12(11)18)13(19)15-7-4-6-14(2,3)10-17/h11-12,17-18H,4-10H2,1-3H3,(H,15,19). The van der Waals surface area contributed by atoms with E-state index in [0.717, 1.165) is 19.3 Å². The average Bonchev–Trinajstić information content (AvgIpc) is 2.37. The van der Waals surface area contributed by atoms with Gasteiger partial charge in [-0.1, -0.05) is 20.8 Å². The lowest BCUT2D eigenvalue weighted by molar-refractivity contribution is 0.0435. The third-order valence-corrected chi connectivity index (χ3v) is 3.94. The fourth-order valence-electron chi connectivity index (χ4n) is 2.19. The lowest BCUT2D eigenvalue weighted by atomic mass is 9.89. The van der Waals surface area contributed by atoms with Gasteiger partial charge in [-0.05, 0) is 30.6 Å². The van der Waals surface area contributed by atoms with Crippen LogP contribution in [-0.2, 0) is 0 Å². The van der Waals surface area contributed by atoms with E-state index in [9.17, 15) is 9.90 Å². The fourth-order valence-corrected chi connectivity index (χ4v) is 2.19. The molecule has 0 aliphatic carbocycles. The highest BCUT2D eigenvalue weighted by atomic mass is 16.3. The number of hydrogen-bond acceptors (Lipinski definition) is 3. The first-order chi connectivity index (χ1) is 8.85. The van der Waals surface area contributed by atoms with Gasteiger partial charge in [-0.15, -0.1) is 0 Å². The van der Waals surface area contributed by atoms with Crippen LogP contribution in [-0.4, -0.2) is 53.5 Å². The summed E-state index contributed by atoms with van der Waals surface area (Å²) in [4.78, 5) is 13.6. The minimum Gasteiger partial charge on any atom is -0.396 e. The minimum absolute atomic E-state index is 0.0819. The Morgan fingerprint density at radius 1 is 1.47 bits per heavy atom. The number of nitrogens with one attached hydrogen (secondary N) is 1. The van der Waals surface area contributed by atoms with Crippen molar-refractivity contribution in [3.63, 3.8) is 0 Å². The van der Waals surface area contributed by atoms with Crippen molar-refractivity contribution < 1.29 is 15.0 Å². The number of carbonyl (C=O) groups excluding carboxylic acids is 1. The lowest BCUT2D eigenvalue weighted by Gasteiger charge is -2.34. The molecule has 1 aliphatic heterocycles. The van der Waals surface area contributed by atoms with Crippen molar-refractivity contribution in [1.82, 2.24) is 10.2 Å². The molecule has 0 radical (unpaired) electrons. The van der Waals surface area contributed by atoms with Crippen LogP contribution in [0, 0.1) is 11.3 Å². The third kappa shape index (κ3) is 5.37. The number of rotatable bonds is 5. The summed E-state index contributed by atoms with van der Waals surface area (Å²) in [5, 5.41) is 21.8. The van der Waals surface area contributed by atoms with E-state index < -0.39 is 6.10 Å². The highest BCUT2D eigenvalue weighted by Crippen LogP contribution is 2.20. The number of aliphatic hydroxyl groups is 2. The SMILES string of the molecule is CC1CCN(C(=O)NCCCC(C)(C)CO)CC1O. The summed E-state index contributed by atoms with van der Waals surface area (Å²) in [7, 11) is 0. The molecule has 0 saturated carbocycles. The number of likely N-dealkylation sites (tertiary alicyclic amines) is 1. The van der Waals surface area contributed by atoms with Crippen molar-refractivity contribution in [2.45, 2.75) is 46.1 Å². The maximum Gasteiger partial charge on any atom is 0.317 e. The van der Waals surface area contributed by atoms with Gasteiger partial charge in [0.25, 0.3) is 0 Å². The molecule has 2 unspecified atom stereocenters. The number of nitrogens with zero attached hydrogens (tertiary/aromatic N) is 1. The normalized spacial score (nSPS) is 24.4. The highest BCUT2D eigenvalue weighted by molar-refractivity contribution is 5.74. The minimum atomic E-state index is -0.409. The van der Waals surface area contributed by atoms with Crippen molar-refractivity contribution in [1.29, 1.82) is 0 Å². The second-order valence-electron chi connectivity index (χ2n) is 6.44. The molecule has 0 aromatic rings. The van der Waals surface area contributed by atoms with Crippen LogP contribution in [0.2, 0.25) is 0 Å². The van der Waals surface area contributed by atoms with Crippen LogP contribution in [0.1, 0.15) is 40.0 Å². The van der Waals surface area contributed by atoms with Gasteiger partial charge in [-0.2, -0.15) is 0 Å². The predicted molar refractivity (Wildman–Crippen MR) is 74.9 cm³/mol. The molecular weight excluding hydrogens is 244 g/mol. The van der Waals surface area contributed by atoms with Crippen molar-refractivity contribution in [3.8, 4) is 0 Å². The molecular formula is C14H28N2O3. The molecule has 1 fully saturated rings. The molecule has 0 aromatic heterocycles. The van der Waals surface area contributed by atoms with Crippen molar-refractivity contribution >= 4 is 6.03 Å². The van der Waals surface area contributed by atoms with Crippen LogP contribution < -0.4 is 5.32 Å². The summed E-state index contributed by atoms with van der Waals surface area (Å²) in [6.45, 7) is 7.95. The Labute approximate surface area is 116 Å². The van der Waals surface area contributed by atoms with Crippen LogP contribution >= 0.6 is 0 Å². The summed E-state index contributed by atoms with van der Waals surface area (Å²) in [5.74, 6) is 0.273. The van der Waals surface area contributed by atoms with Crippen LogP contribution in [0.3, 0.4) is 0 Å². The van der Waals surface area contributed by atoms with Gasteiger partial charge in [-0.3, -0.25) is 0 Å². The number of β-amino-alcohol motifs (C(OH)–C–C–N with tert-alkyl or cyclic N) is 1. The molecule has 19 heavy (non-hydrogen) atoms. The molecule has 0 bridgehead atoms. The van der Waals surface area contributed by atoms with Gasteiger partial charge in [-0.25, -0.2) is 4.79 Å². The molecule has 2 atom stereocenters. The molecule has 1 heterocycles. The van der Waals surface area contributed by atoms with Gasteiger partial charge in [0.05, 0.1) is 6.10 Å². The van der Waals surface area contributed by atoms with Crippen LogP contribution in [0.4, 0.5) is 4.79 Å². The molecule has 0 spiro atoms. The number of carbonyl (C=O) groups is 1. The van der Waals surface area contributed by atoms with Gasteiger partial charge in [0, 0.05) is 26.2 Å². The Hall–Kier alpha value is -0.810. The summed E-state index contributed by atoms with van der Waals surface area (Å²) >= 11 is 0. The first-order valence-electron chi connectivity index (χ1n) is 7.17. The molecule has 5 heteroatoms. The molecule has 112 valence electrons. The fraction of sp³-hybridized carbons (Fsp3) is 0.929. The summed E-state index contributed by atoms with van der Waals surface area (Å²) in [5.41, 5.74) is -0.0819. The molecule has 2 amide bonds. The smallest absolute Gasteiger partial charge is 0.317 e. The average molecular weight is 272 g/mol.